The quantitative estimate of drug-likeness (QED) is 0.367. The van der Waals surface area contributed by atoms with E-state index in [0.29, 0.717) is 5.92 Å². The zero-order valence-electron chi connectivity index (χ0n) is 18.9. The molecule has 0 saturated carbocycles. The molecule has 0 unspecified atom stereocenters. The van der Waals surface area contributed by atoms with Crippen molar-refractivity contribution in [1.29, 1.82) is 0 Å². The van der Waals surface area contributed by atoms with Crippen LogP contribution in [0.2, 0.25) is 0 Å². The summed E-state index contributed by atoms with van der Waals surface area (Å²) >= 11 is 0. The molecule has 0 fully saturated rings. The largest absolute Gasteiger partial charge is 0.303 e. The summed E-state index contributed by atoms with van der Waals surface area (Å²) in [6, 6.07) is 13.7. The molecule has 2 aromatic heterocycles. The maximum atomic E-state index is 4.77. The van der Waals surface area contributed by atoms with E-state index in [4.69, 9.17) is 4.98 Å². The number of hydrogen-bond donors (Lipinski definition) is 0. The molecule has 0 radical (unpaired) electrons. The first-order valence-electron chi connectivity index (χ1n) is 10.9. The molecule has 0 aliphatic carbocycles. The third kappa shape index (κ3) is 2.79. The van der Waals surface area contributed by atoms with Crippen molar-refractivity contribution < 1.29 is 4.57 Å². The lowest BCUT2D eigenvalue weighted by molar-refractivity contribution is -0.633. The second-order valence-corrected chi connectivity index (χ2v) is 9.26. The number of pyridine rings is 1. The van der Waals surface area contributed by atoms with Gasteiger partial charge in [-0.3, -0.25) is 0 Å². The first kappa shape index (κ1) is 19.0. The molecule has 0 N–H and O–H groups in total. The molecule has 2 aromatic carbocycles. The SMILES string of the molecule is Cc1cn2c(n1)Cc1c-2cc(C)c(C)c1-c1ccc2c(CC(C)C)cccc2[n+]1C. The Labute approximate surface area is 179 Å². The van der Waals surface area contributed by atoms with Gasteiger partial charge in [-0.15, -0.1) is 0 Å². The van der Waals surface area contributed by atoms with Gasteiger partial charge in [-0.2, -0.15) is 4.57 Å². The van der Waals surface area contributed by atoms with Gasteiger partial charge in [0, 0.05) is 30.1 Å². The molecule has 3 heterocycles. The molecule has 1 aliphatic heterocycles. The van der Waals surface area contributed by atoms with Crippen molar-refractivity contribution in [3.05, 3.63) is 76.4 Å². The highest BCUT2D eigenvalue weighted by molar-refractivity contribution is 5.83. The predicted molar refractivity (Wildman–Crippen MR) is 123 cm³/mol. The van der Waals surface area contributed by atoms with Crippen LogP contribution < -0.4 is 4.57 Å². The highest BCUT2D eigenvalue weighted by Crippen LogP contribution is 2.38. The number of benzene rings is 2. The molecule has 1 aliphatic rings. The summed E-state index contributed by atoms with van der Waals surface area (Å²) in [5.74, 6) is 1.80. The van der Waals surface area contributed by atoms with Crippen LogP contribution >= 0.6 is 0 Å². The van der Waals surface area contributed by atoms with Crippen molar-refractivity contribution in [1.82, 2.24) is 9.55 Å². The van der Waals surface area contributed by atoms with E-state index in [1.807, 2.05) is 0 Å². The van der Waals surface area contributed by atoms with E-state index in [9.17, 15) is 0 Å². The number of imidazole rings is 1. The Kier molecular flexibility index (Phi) is 4.32. The molecule has 152 valence electrons. The fourth-order valence-electron chi connectivity index (χ4n) is 5.09. The predicted octanol–water partition coefficient (Wildman–Crippen LogP) is 5.54. The minimum atomic E-state index is 0.647. The number of nitrogens with zero attached hydrogens (tertiary/aromatic N) is 3. The Bertz CT molecular complexity index is 1310. The molecule has 3 heteroatoms. The number of rotatable bonds is 3. The van der Waals surface area contributed by atoms with Gasteiger partial charge < -0.3 is 4.57 Å². The fraction of sp³-hybridized carbons (Fsp3) is 0.333. The lowest BCUT2D eigenvalue weighted by Gasteiger charge is -2.15. The van der Waals surface area contributed by atoms with Gasteiger partial charge in [0.15, 0.2) is 0 Å². The van der Waals surface area contributed by atoms with Crippen LogP contribution in [0.4, 0.5) is 0 Å². The van der Waals surface area contributed by atoms with Crippen LogP contribution in [0.5, 0.6) is 0 Å². The van der Waals surface area contributed by atoms with Crippen molar-refractivity contribution in [2.45, 2.75) is 47.5 Å². The standard InChI is InChI=1S/C27H30N3/c1-16(2)12-20-8-7-9-23-21(20)10-11-24(29(23)6)27-19(5)17(3)13-25-22(27)14-26-28-18(4)15-30(25)26/h7-11,13,15-16H,12,14H2,1-6H3/q+1. The highest BCUT2D eigenvalue weighted by atomic mass is 15.1. The number of hydrogen-bond acceptors (Lipinski definition) is 1. The molecule has 0 saturated heterocycles. The van der Waals surface area contributed by atoms with E-state index in [0.717, 1.165) is 24.4 Å². The molecular formula is C27H30N3+. The van der Waals surface area contributed by atoms with Crippen LogP contribution in [0.15, 0.2) is 42.6 Å². The van der Waals surface area contributed by atoms with Gasteiger partial charge in [-0.1, -0.05) is 26.0 Å². The molecule has 4 aromatic rings. The zero-order valence-corrected chi connectivity index (χ0v) is 18.9. The number of aryl methyl sites for hydroxylation is 3. The summed E-state index contributed by atoms with van der Waals surface area (Å²) in [7, 11) is 2.21. The van der Waals surface area contributed by atoms with Gasteiger partial charge in [-0.25, -0.2) is 4.98 Å². The van der Waals surface area contributed by atoms with Crippen molar-refractivity contribution in [3.63, 3.8) is 0 Å². The molecular weight excluding hydrogens is 366 g/mol. The molecule has 0 bridgehead atoms. The van der Waals surface area contributed by atoms with E-state index in [-0.39, 0.29) is 0 Å². The summed E-state index contributed by atoms with van der Waals surface area (Å²) in [4.78, 5) is 4.77. The van der Waals surface area contributed by atoms with E-state index in [1.54, 1.807) is 0 Å². The summed E-state index contributed by atoms with van der Waals surface area (Å²) in [6.45, 7) is 11.1. The van der Waals surface area contributed by atoms with Crippen LogP contribution in [-0.4, -0.2) is 9.55 Å². The summed E-state index contributed by atoms with van der Waals surface area (Å²) < 4.78 is 4.66. The second kappa shape index (κ2) is 6.80. The Morgan fingerprint density at radius 3 is 2.67 bits per heavy atom. The van der Waals surface area contributed by atoms with Crippen LogP contribution in [0.3, 0.4) is 0 Å². The smallest absolute Gasteiger partial charge is 0.213 e. The van der Waals surface area contributed by atoms with Gasteiger partial charge in [0.1, 0.15) is 12.9 Å². The average Bonchev–Trinajstić information content (AvgIpc) is 3.20. The third-order valence-electron chi connectivity index (χ3n) is 6.61. The van der Waals surface area contributed by atoms with Crippen LogP contribution in [-0.2, 0) is 19.9 Å². The Morgan fingerprint density at radius 1 is 1.10 bits per heavy atom. The molecule has 3 nitrogen and oxygen atoms in total. The Morgan fingerprint density at radius 2 is 1.90 bits per heavy atom. The minimum Gasteiger partial charge on any atom is -0.303 e. The monoisotopic (exact) mass is 396 g/mol. The third-order valence-corrected chi connectivity index (χ3v) is 6.61. The van der Waals surface area contributed by atoms with Crippen molar-refractivity contribution >= 4 is 10.9 Å². The lowest BCUT2D eigenvalue weighted by Crippen LogP contribution is -2.32. The highest BCUT2D eigenvalue weighted by Gasteiger charge is 2.29. The van der Waals surface area contributed by atoms with Crippen LogP contribution in [0, 0.1) is 26.7 Å². The van der Waals surface area contributed by atoms with E-state index >= 15 is 0 Å². The maximum absolute atomic E-state index is 4.77. The summed E-state index contributed by atoms with van der Waals surface area (Å²) in [5, 5.41) is 1.36. The molecule has 30 heavy (non-hydrogen) atoms. The first-order chi connectivity index (χ1) is 14.3. The topological polar surface area (TPSA) is 21.7 Å². The Hall–Kier alpha value is -2.94. The molecule has 0 spiro atoms. The molecule has 0 atom stereocenters. The van der Waals surface area contributed by atoms with Crippen molar-refractivity contribution in [2.24, 2.45) is 13.0 Å². The molecule has 0 amide bonds. The normalized spacial score (nSPS) is 12.6. The van der Waals surface area contributed by atoms with E-state index in [2.05, 4.69) is 93.4 Å². The first-order valence-corrected chi connectivity index (χ1v) is 10.9. The number of fused-ring (bicyclic) bond motifs is 4. The fourth-order valence-corrected chi connectivity index (χ4v) is 5.09. The number of aromatic nitrogens is 3. The van der Waals surface area contributed by atoms with Gasteiger partial charge in [0.05, 0.1) is 16.9 Å². The van der Waals surface area contributed by atoms with Gasteiger partial charge in [-0.05, 0) is 67.5 Å². The van der Waals surface area contributed by atoms with Gasteiger partial charge in [0.2, 0.25) is 11.2 Å². The van der Waals surface area contributed by atoms with Gasteiger partial charge in [0.25, 0.3) is 0 Å². The maximum Gasteiger partial charge on any atom is 0.213 e. The van der Waals surface area contributed by atoms with Crippen molar-refractivity contribution in [3.8, 4) is 16.9 Å². The van der Waals surface area contributed by atoms with Gasteiger partial charge >= 0.3 is 0 Å². The van der Waals surface area contributed by atoms with E-state index in [1.165, 1.54) is 50.1 Å². The summed E-state index contributed by atoms with van der Waals surface area (Å²) in [5.41, 5.74) is 11.9. The van der Waals surface area contributed by atoms with E-state index < -0.39 is 0 Å². The molecule has 5 rings (SSSR count). The zero-order chi connectivity index (χ0) is 21.2. The minimum absolute atomic E-state index is 0.647. The summed E-state index contributed by atoms with van der Waals surface area (Å²) in [6.07, 6.45) is 4.17. The van der Waals surface area contributed by atoms with Crippen LogP contribution in [0.25, 0.3) is 27.8 Å². The second-order valence-electron chi connectivity index (χ2n) is 9.26. The van der Waals surface area contributed by atoms with Crippen molar-refractivity contribution in [2.75, 3.05) is 0 Å². The lowest BCUT2D eigenvalue weighted by atomic mass is 9.91. The van der Waals surface area contributed by atoms with Crippen LogP contribution in [0.1, 0.15) is 47.6 Å². The average molecular weight is 397 g/mol. The Balaban J connectivity index is 1.75.